The Morgan fingerprint density at radius 2 is 1.96 bits per heavy atom. The normalized spacial score (nSPS) is 24.0. The molecule has 1 aliphatic carbocycles. The summed E-state index contributed by atoms with van der Waals surface area (Å²) in [6.07, 6.45) is 6.52. The first-order valence-corrected chi connectivity index (χ1v) is 9.87. The van der Waals surface area contributed by atoms with Crippen LogP contribution in [-0.2, 0) is 16.0 Å². The highest BCUT2D eigenvalue weighted by atomic mass is 16.2. The summed E-state index contributed by atoms with van der Waals surface area (Å²) in [7, 11) is 0. The van der Waals surface area contributed by atoms with Crippen LogP contribution >= 0.6 is 0 Å². The predicted molar refractivity (Wildman–Crippen MR) is 103 cm³/mol. The van der Waals surface area contributed by atoms with Crippen LogP contribution in [0.2, 0.25) is 0 Å². The zero-order valence-electron chi connectivity index (χ0n) is 15.9. The van der Waals surface area contributed by atoms with Crippen molar-refractivity contribution < 1.29 is 9.59 Å². The molecule has 2 saturated heterocycles. The molecule has 26 heavy (non-hydrogen) atoms. The molecule has 0 saturated carbocycles. The first-order chi connectivity index (χ1) is 12.5. The number of benzene rings is 1. The number of rotatable bonds is 3. The summed E-state index contributed by atoms with van der Waals surface area (Å²) in [4.78, 5) is 29.2. The molecule has 2 aliphatic heterocycles. The third kappa shape index (κ3) is 3.35. The topological polar surface area (TPSA) is 40.6 Å². The van der Waals surface area contributed by atoms with Gasteiger partial charge in [0, 0.05) is 44.1 Å². The number of aryl methyl sites for hydroxylation is 2. The van der Waals surface area contributed by atoms with Gasteiger partial charge in [-0.05, 0) is 62.4 Å². The smallest absolute Gasteiger partial charge is 0.222 e. The lowest BCUT2D eigenvalue weighted by molar-refractivity contribution is -0.130. The molecule has 4 heteroatoms. The lowest BCUT2D eigenvalue weighted by Crippen LogP contribution is -2.49. The average Bonchev–Trinajstić information content (AvgIpc) is 3.03. The van der Waals surface area contributed by atoms with E-state index in [0.717, 1.165) is 44.5 Å². The van der Waals surface area contributed by atoms with E-state index in [1.54, 1.807) is 0 Å². The number of hydrogen-bond acceptors (Lipinski definition) is 3. The molecule has 0 bridgehead atoms. The highest BCUT2D eigenvalue weighted by Crippen LogP contribution is 2.28. The lowest BCUT2D eigenvalue weighted by atomic mass is 9.87. The van der Waals surface area contributed by atoms with Crippen LogP contribution in [0.3, 0.4) is 0 Å². The summed E-state index contributed by atoms with van der Waals surface area (Å²) >= 11 is 0. The van der Waals surface area contributed by atoms with Crippen LogP contribution in [0.5, 0.6) is 0 Å². The van der Waals surface area contributed by atoms with Gasteiger partial charge in [-0.1, -0.05) is 17.7 Å². The summed E-state index contributed by atoms with van der Waals surface area (Å²) in [5.74, 6) is 0.563. The standard InChI is InChI=1S/C22H28N2O2/c1-15-9-16(2)20-12-21(25)18(11-17(20)10-15)13-23-7-3-5-19(14-23)24-8-4-6-22(24)26/h9-11,19H,3-8,12-14H2,1-2H3. The van der Waals surface area contributed by atoms with Crippen LogP contribution in [0.4, 0.5) is 0 Å². The molecule has 138 valence electrons. The highest BCUT2D eigenvalue weighted by Gasteiger charge is 2.32. The van der Waals surface area contributed by atoms with Crippen LogP contribution in [0.15, 0.2) is 17.7 Å². The monoisotopic (exact) mass is 352 g/mol. The largest absolute Gasteiger partial charge is 0.338 e. The minimum atomic E-state index is 0.254. The molecule has 1 aromatic rings. The van der Waals surface area contributed by atoms with E-state index in [2.05, 4.69) is 41.9 Å². The van der Waals surface area contributed by atoms with Gasteiger partial charge in [0.25, 0.3) is 0 Å². The van der Waals surface area contributed by atoms with Gasteiger partial charge in [0.15, 0.2) is 5.78 Å². The Balaban J connectivity index is 1.50. The third-order valence-corrected chi connectivity index (χ3v) is 6.10. The summed E-state index contributed by atoms with van der Waals surface area (Å²) in [6, 6.07) is 4.68. The van der Waals surface area contributed by atoms with Crippen molar-refractivity contribution in [2.75, 3.05) is 26.2 Å². The van der Waals surface area contributed by atoms with Crippen molar-refractivity contribution in [2.24, 2.45) is 0 Å². The second-order valence-corrected chi connectivity index (χ2v) is 8.14. The minimum absolute atomic E-state index is 0.254. The number of piperidine rings is 1. The van der Waals surface area contributed by atoms with Crippen LogP contribution in [0.1, 0.15) is 47.9 Å². The first-order valence-electron chi connectivity index (χ1n) is 9.87. The number of likely N-dealkylation sites (tertiary alicyclic amines) is 2. The quantitative estimate of drug-likeness (QED) is 0.840. The lowest BCUT2D eigenvalue weighted by Gasteiger charge is -2.38. The third-order valence-electron chi connectivity index (χ3n) is 6.10. The molecular formula is C22H28N2O2. The fraction of sp³-hybridized carbons (Fsp3) is 0.545. The summed E-state index contributed by atoms with van der Waals surface area (Å²) in [6.45, 7) is 7.74. The SMILES string of the molecule is Cc1cc(C)c2c(c1)C=C(CN1CCCC(N3CCCC3=O)C1)C(=O)C2. The maximum atomic E-state index is 12.7. The molecule has 1 amide bonds. The highest BCUT2D eigenvalue weighted by molar-refractivity contribution is 6.04. The van der Waals surface area contributed by atoms with E-state index in [4.69, 9.17) is 0 Å². The Bertz CT molecular complexity index is 781. The van der Waals surface area contributed by atoms with Crippen molar-refractivity contribution >= 4 is 17.8 Å². The van der Waals surface area contributed by atoms with E-state index in [9.17, 15) is 9.59 Å². The van der Waals surface area contributed by atoms with Gasteiger partial charge in [-0.25, -0.2) is 0 Å². The molecule has 2 heterocycles. The summed E-state index contributed by atoms with van der Waals surface area (Å²) in [5, 5.41) is 0. The van der Waals surface area contributed by atoms with Gasteiger partial charge >= 0.3 is 0 Å². The Morgan fingerprint density at radius 1 is 1.12 bits per heavy atom. The minimum Gasteiger partial charge on any atom is -0.338 e. The zero-order chi connectivity index (χ0) is 18.3. The number of Topliss-reactive ketones (excluding diaryl/α,β-unsaturated/α-hetero) is 1. The molecule has 2 fully saturated rings. The van der Waals surface area contributed by atoms with Gasteiger partial charge in [0.05, 0.1) is 0 Å². The fourth-order valence-electron chi connectivity index (χ4n) is 4.80. The predicted octanol–water partition coefficient (Wildman–Crippen LogP) is 2.90. The number of amides is 1. The van der Waals surface area contributed by atoms with Gasteiger partial charge < -0.3 is 4.90 Å². The van der Waals surface area contributed by atoms with Gasteiger partial charge in [-0.15, -0.1) is 0 Å². The van der Waals surface area contributed by atoms with E-state index in [1.165, 1.54) is 22.3 Å². The van der Waals surface area contributed by atoms with Crippen LogP contribution < -0.4 is 0 Å². The zero-order valence-corrected chi connectivity index (χ0v) is 15.9. The number of hydrogen-bond donors (Lipinski definition) is 0. The number of nitrogens with zero attached hydrogens (tertiary/aromatic N) is 2. The molecule has 3 aliphatic rings. The average molecular weight is 352 g/mol. The Kier molecular flexibility index (Phi) is 4.70. The number of ketones is 1. The first kappa shape index (κ1) is 17.5. The molecule has 1 atom stereocenters. The molecular weight excluding hydrogens is 324 g/mol. The molecule has 0 aromatic heterocycles. The van der Waals surface area contributed by atoms with Gasteiger partial charge in [-0.3, -0.25) is 14.5 Å². The maximum Gasteiger partial charge on any atom is 0.222 e. The van der Waals surface area contributed by atoms with Crippen molar-refractivity contribution in [3.05, 3.63) is 40.0 Å². The van der Waals surface area contributed by atoms with E-state index in [0.29, 0.717) is 31.3 Å². The van der Waals surface area contributed by atoms with Gasteiger partial charge in [-0.2, -0.15) is 0 Å². The second kappa shape index (κ2) is 6.99. The van der Waals surface area contributed by atoms with Crippen LogP contribution in [-0.4, -0.2) is 53.7 Å². The number of carbonyl (C=O) groups is 2. The summed E-state index contributed by atoms with van der Waals surface area (Å²) in [5.41, 5.74) is 5.78. The molecule has 4 nitrogen and oxygen atoms in total. The Morgan fingerprint density at radius 3 is 2.73 bits per heavy atom. The molecule has 4 rings (SSSR count). The molecule has 0 spiro atoms. The fourth-order valence-corrected chi connectivity index (χ4v) is 4.80. The molecule has 0 N–H and O–H groups in total. The van der Waals surface area contributed by atoms with Crippen molar-refractivity contribution in [3.63, 3.8) is 0 Å². The molecule has 1 aromatic carbocycles. The van der Waals surface area contributed by atoms with Gasteiger partial charge in [0.2, 0.25) is 5.91 Å². The molecule has 0 radical (unpaired) electrons. The van der Waals surface area contributed by atoms with Crippen molar-refractivity contribution in [1.82, 2.24) is 9.80 Å². The summed E-state index contributed by atoms with van der Waals surface area (Å²) < 4.78 is 0. The number of fused-ring (bicyclic) bond motifs is 1. The van der Waals surface area contributed by atoms with Crippen LogP contribution in [0.25, 0.3) is 6.08 Å². The van der Waals surface area contributed by atoms with Gasteiger partial charge in [0.1, 0.15) is 0 Å². The van der Waals surface area contributed by atoms with E-state index < -0.39 is 0 Å². The maximum absolute atomic E-state index is 12.7. The molecule has 1 unspecified atom stereocenters. The van der Waals surface area contributed by atoms with Crippen molar-refractivity contribution in [3.8, 4) is 0 Å². The van der Waals surface area contributed by atoms with E-state index in [-0.39, 0.29) is 5.78 Å². The van der Waals surface area contributed by atoms with Crippen LogP contribution in [0, 0.1) is 13.8 Å². The number of carbonyl (C=O) groups excluding carboxylic acids is 2. The van der Waals surface area contributed by atoms with E-state index in [1.807, 2.05) is 0 Å². The van der Waals surface area contributed by atoms with E-state index >= 15 is 0 Å². The van der Waals surface area contributed by atoms with Crippen molar-refractivity contribution in [1.29, 1.82) is 0 Å². The Labute approximate surface area is 155 Å². The second-order valence-electron chi connectivity index (χ2n) is 8.14. The Hall–Kier alpha value is -1.94. The van der Waals surface area contributed by atoms with Crippen molar-refractivity contribution in [2.45, 2.75) is 52.0 Å².